The molecule has 0 bridgehead atoms. The van der Waals surface area contributed by atoms with Crippen LogP contribution in [0.2, 0.25) is 0 Å². The Bertz CT molecular complexity index is 729. The number of esters is 1. The molecule has 0 heterocycles. The van der Waals surface area contributed by atoms with Crippen LogP contribution in [-0.4, -0.2) is 46.5 Å². The van der Waals surface area contributed by atoms with Crippen molar-refractivity contribution in [3.8, 4) is 0 Å². The average Bonchev–Trinajstić information content (AvgIpc) is 2.60. The fraction of sp³-hybridized carbons (Fsp3) is 0.400. The Morgan fingerprint density at radius 3 is 2.57 bits per heavy atom. The highest BCUT2D eigenvalue weighted by Gasteiger charge is 2.25. The normalized spacial score (nSPS) is 14.6. The van der Waals surface area contributed by atoms with Gasteiger partial charge in [0.05, 0.1) is 0 Å². The zero-order valence-corrected chi connectivity index (χ0v) is 16.2. The van der Waals surface area contributed by atoms with E-state index in [1.807, 2.05) is 30.3 Å². The first-order valence-electron chi connectivity index (χ1n) is 7.96. The maximum atomic E-state index is 11.7. The van der Waals surface area contributed by atoms with Crippen LogP contribution < -0.4 is 5.73 Å². The predicted octanol–water partition coefficient (Wildman–Crippen LogP) is 0.602. The summed E-state index contributed by atoms with van der Waals surface area (Å²) in [6.07, 6.45) is 1.06. The standard InChI is InChI=1S/C15H22N3O9P/c1-11(19)25-18(2)14(16)17-28(22,23)27-26-15(21)24-13(20)10-6-9-12-7-4-3-5-8-12/h3-5,7-8,15,21H,6,9-10H2,1-2H3,(H3,16,17,22,23). The van der Waals surface area contributed by atoms with E-state index in [1.54, 1.807) is 0 Å². The van der Waals surface area contributed by atoms with Gasteiger partial charge in [-0.2, -0.15) is 9.95 Å². The van der Waals surface area contributed by atoms with Gasteiger partial charge in [0.25, 0.3) is 0 Å². The minimum absolute atomic E-state index is 0.0234. The van der Waals surface area contributed by atoms with Crippen molar-refractivity contribution in [2.75, 3.05) is 7.05 Å². The maximum Gasteiger partial charge on any atom is 0.481 e. The Morgan fingerprint density at radius 1 is 1.32 bits per heavy atom. The first-order valence-corrected chi connectivity index (χ1v) is 9.49. The molecule has 28 heavy (non-hydrogen) atoms. The van der Waals surface area contributed by atoms with E-state index in [0.717, 1.165) is 19.5 Å². The summed E-state index contributed by atoms with van der Waals surface area (Å²) in [5.41, 5.74) is 6.36. The second kappa shape index (κ2) is 11.4. The summed E-state index contributed by atoms with van der Waals surface area (Å²) in [7, 11) is -3.70. The van der Waals surface area contributed by atoms with Gasteiger partial charge in [0.15, 0.2) is 0 Å². The number of carbonyl (C=O) groups is 2. The smallest absolute Gasteiger partial charge is 0.408 e. The van der Waals surface area contributed by atoms with Crippen molar-refractivity contribution in [1.82, 2.24) is 5.06 Å². The van der Waals surface area contributed by atoms with Crippen molar-refractivity contribution in [2.24, 2.45) is 10.5 Å². The summed E-state index contributed by atoms with van der Waals surface area (Å²) >= 11 is 0. The number of hydrogen-bond donors (Lipinski definition) is 3. The van der Waals surface area contributed by atoms with Gasteiger partial charge < -0.3 is 25.3 Å². The van der Waals surface area contributed by atoms with E-state index in [1.165, 1.54) is 0 Å². The molecular weight excluding hydrogens is 397 g/mol. The largest absolute Gasteiger partial charge is 0.481 e. The van der Waals surface area contributed by atoms with E-state index >= 15 is 0 Å². The third-order valence-electron chi connectivity index (χ3n) is 2.96. The Balaban J connectivity index is 2.37. The van der Waals surface area contributed by atoms with E-state index in [0.29, 0.717) is 17.9 Å². The van der Waals surface area contributed by atoms with Crippen LogP contribution in [0.3, 0.4) is 0 Å². The SMILES string of the molecule is CC(=O)ON(C)/C(N)=N/P(=O)(O)OOC(O)OC(=O)CCCc1ccccc1. The zero-order chi connectivity index (χ0) is 21.2. The van der Waals surface area contributed by atoms with Gasteiger partial charge in [-0.05, 0) is 18.4 Å². The summed E-state index contributed by atoms with van der Waals surface area (Å²) in [6.45, 7) is -1.18. The molecule has 1 rings (SSSR count). The van der Waals surface area contributed by atoms with Gasteiger partial charge in [0.1, 0.15) is 0 Å². The van der Waals surface area contributed by atoms with Crippen LogP contribution in [0.25, 0.3) is 0 Å². The minimum atomic E-state index is -4.85. The number of carbonyl (C=O) groups excluding carboxylic acids is 2. The number of aryl methyl sites for hydroxylation is 1. The van der Waals surface area contributed by atoms with E-state index in [-0.39, 0.29) is 6.42 Å². The average molecular weight is 419 g/mol. The van der Waals surface area contributed by atoms with E-state index < -0.39 is 32.1 Å². The molecular formula is C15H22N3O9P. The van der Waals surface area contributed by atoms with Crippen LogP contribution in [0.15, 0.2) is 35.1 Å². The Labute approximate surface area is 160 Å². The Hall–Kier alpha value is -2.50. The van der Waals surface area contributed by atoms with Crippen molar-refractivity contribution in [2.45, 2.75) is 32.7 Å². The van der Waals surface area contributed by atoms with Crippen molar-refractivity contribution < 1.29 is 43.3 Å². The molecule has 2 atom stereocenters. The summed E-state index contributed by atoms with van der Waals surface area (Å²) in [5, 5.41) is 9.99. The molecule has 0 saturated heterocycles. The van der Waals surface area contributed by atoms with Crippen molar-refractivity contribution in [3.63, 3.8) is 0 Å². The molecule has 1 aromatic carbocycles. The number of aliphatic hydroxyl groups is 1. The summed E-state index contributed by atoms with van der Waals surface area (Å²) in [4.78, 5) is 40.4. The highest BCUT2D eigenvalue weighted by Crippen LogP contribution is 2.44. The number of nitrogens with two attached hydrogens (primary N) is 1. The van der Waals surface area contributed by atoms with Crippen LogP contribution in [0, 0.1) is 0 Å². The lowest BCUT2D eigenvalue weighted by Crippen LogP contribution is -2.35. The van der Waals surface area contributed by atoms with Crippen LogP contribution in [0.4, 0.5) is 0 Å². The van der Waals surface area contributed by atoms with E-state index in [4.69, 9.17) is 5.73 Å². The van der Waals surface area contributed by atoms with Gasteiger partial charge in [0, 0.05) is 20.4 Å². The van der Waals surface area contributed by atoms with Crippen molar-refractivity contribution >= 4 is 25.6 Å². The number of guanidine groups is 1. The molecule has 0 radical (unpaired) electrons. The van der Waals surface area contributed by atoms with Gasteiger partial charge in [0.2, 0.25) is 5.96 Å². The lowest BCUT2D eigenvalue weighted by Gasteiger charge is -2.17. The third kappa shape index (κ3) is 10.00. The quantitative estimate of drug-likeness (QED) is 0.0974. The fourth-order valence-electron chi connectivity index (χ4n) is 1.81. The molecule has 0 aromatic heterocycles. The Kier molecular flexibility index (Phi) is 9.56. The van der Waals surface area contributed by atoms with Crippen molar-refractivity contribution in [3.05, 3.63) is 35.9 Å². The number of aliphatic hydroxyl groups excluding tert-OH is 1. The molecule has 4 N–H and O–H groups in total. The van der Waals surface area contributed by atoms with Crippen LogP contribution in [0.5, 0.6) is 0 Å². The van der Waals surface area contributed by atoms with Crippen LogP contribution >= 0.6 is 7.75 Å². The van der Waals surface area contributed by atoms with E-state index in [9.17, 15) is 24.2 Å². The van der Waals surface area contributed by atoms with Crippen molar-refractivity contribution in [1.29, 1.82) is 0 Å². The van der Waals surface area contributed by atoms with E-state index in [2.05, 4.69) is 23.9 Å². The fourth-order valence-corrected chi connectivity index (χ4v) is 2.42. The first-order chi connectivity index (χ1) is 13.1. The third-order valence-corrected chi connectivity index (χ3v) is 3.70. The summed E-state index contributed by atoms with van der Waals surface area (Å²) < 4.78 is 23.2. The predicted molar refractivity (Wildman–Crippen MR) is 94.6 cm³/mol. The number of ether oxygens (including phenoxy) is 1. The highest BCUT2D eigenvalue weighted by atomic mass is 31.2. The molecule has 12 nitrogen and oxygen atoms in total. The van der Waals surface area contributed by atoms with Crippen LogP contribution in [-0.2, 0) is 39.7 Å². The minimum Gasteiger partial charge on any atom is -0.408 e. The molecule has 0 aliphatic carbocycles. The molecule has 1 aromatic rings. The molecule has 0 amide bonds. The second-order valence-corrected chi connectivity index (χ2v) is 6.67. The maximum absolute atomic E-state index is 11.7. The number of rotatable bonds is 9. The number of hydroxylamine groups is 2. The highest BCUT2D eigenvalue weighted by molar-refractivity contribution is 7.51. The summed E-state index contributed by atoms with van der Waals surface area (Å²) in [6, 6.07) is 9.42. The van der Waals surface area contributed by atoms with Gasteiger partial charge in [-0.1, -0.05) is 30.3 Å². The molecule has 13 heteroatoms. The molecule has 0 aliphatic heterocycles. The first kappa shape index (κ1) is 23.5. The number of benzene rings is 1. The molecule has 0 aliphatic rings. The topological polar surface area (TPSA) is 170 Å². The lowest BCUT2D eigenvalue weighted by molar-refractivity contribution is -0.381. The molecule has 0 saturated carbocycles. The number of nitrogens with zero attached hydrogens (tertiary/aromatic N) is 2. The monoisotopic (exact) mass is 419 g/mol. The van der Waals surface area contributed by atoms with Crippen LogP contribution in [0.1, 0.15) is 25.3 Å². The Morgan fingerprint density at radius 2 is 1.96 bits per heavy atom. The summed E-state index contributed by atoms with van der Waals surface area (Å²) in [5.74, 6) is -2.24. The molecule has 2 unspecified atom stereocenters. The zero-order valence-electron chi connectivity index (χ0n) is 15.3. The molecule has 0 spiro atoms. The second-order valence-electron chi connectivity index (χ2n) is 5.34. The van der Waals surface area contributed by atoms with Gasteiger partial charge in [-0.3, -0.25) is 9.59 Å². The van der Waals surface area contributed by atoms with Gasteiger partial charge >= 0.3 is 26.2 Å². The molecule has 156 valence electrons. The van der Waals surface area contributed by atoms with Gasteiger partial charge in [-0.25, -0.2) is 4.57 Å². The molecule has 0 fully saturated rings. The number of hydrogen-bond acceptors (Lipinski definition) is 8. The lowest BCUT2D eigenvalue weighted by atomic mass is 10.1. The van der Waals surface area contributed by atoms with Gasteiger partial charge in [-0.15, -0.1) is 9.44 Å².